The Hall–Kier alpha value is -2.57. The smallest absolute Gasteiger partial charge is 0.426 e. The minimum Gasteiger partial charge on any atom is -0.432 e. The van der Waals surface area contributed by atoms with Crippen LogP contribution in [0, 0.1) is 11.7 Å². The minimum absolute atomic E-state index is 0.0770. The number of ether oxygens (including phenoxy) is 2. The molecule has 0 N–H and O–H groups in total. The first kappa shape index (κ1) is 21.1. The highest BCUT2D eigenvalue weighted by molar-refractivity contribution is 5.33. The molecular weight excluding hydrogens is 391 g/mol. The molecule has 2 aromatic rings. The highest BCUT2D eigenvalue weighted by atomic mass is 19.3. The second-order valence-electron chi connectivity index (χ2n) is 7.06. The van der Waals surface area contributed by atoms with Crippen LogP contribution in [0.3, 0.4) is 0 Å². The van der Waals surface area contributed by atoms with E-state index >= 15 is 0 Å². The van der Waals surface area contributed by atoms with Crippen molar-refractivity contribution >= 4 is 0 Å². The molecule has 0 atom stereocenters. The second-order valence-corrected chi connectivity index (χ2v) is 7.06. The summed E-state index contributed by atoms with van der Waals surface area (Å²) in [5.74, 6) is -1.30. The van der Waals surface area contributed by atoms with Gasteiger partial charge in [-0.15, -0.1) is 6.58 Å². The lowest BCUT2D eigenvalue weighted by Crippen LogP contribution is -2.22. The second kappa shape index (κ2) is 8.84. The Balaban J connectivity index is 1.67. The SMILES string of the molecule is C=CC1CCC(c2ccc(OC(F)(F)c3ccc(OC(F)F)c(F)c3)cc2)CC1. The zero-order valence-electron chi connectivity index (χ0n) is 15.6. The molecule has 156 valence electrons. The van der Waals surface area contributed by atoms with Gasteiger partial charge in [0.25, 0.3) is 0 Å². The van der Waals surface area contributed by atoms with E-state index < -0.39 is 29.9 Å². The van der Waals surface area contributed by atoms with E-state index in [0.29, 0.717) is 17.9 Å². The summed E-state index contributed by atoms with van der Waals surface area (Å²) < 4.78 is 75.4. The van der Waals surface area contributed by atoms with Crippen LogP contribution in [0.2, 0.25) is 0 Å². The van der Waals surface area contributed by atoms with Gasteiger partial charge < -0.3 is 9.47 Å². The van der Waals surface area contributed by atoms with E-state index in [1.165, 1.54) is 12.1 Å². The standard InChI is InChI=1S/C22H21F5O2/c1-2-14-3-5-15(6-4-14)16-7-10-18(11-8-16)29-22(26,27)17-9-12-20(19(23)13-17)28-21(24)25/h2,7-15,21H,1,3-6H2. The van der Waals surface area contributed by atoms with Crippen LogP contribution in [-0.4, -0.2) is 6.61 Å². The Morgan fingerprint density at radius 3 is 2.21 bits per heavy atom. The lowest BCUT2D eigenvalue weighted by atomic mass is 9.79. The van der Waals surface area contributed by atoms with Gasteiger partial charge in [0.15, 0.2) is 11.6 Å². The van der Waals surface area contributed by atoms with Crippen LogP contribution >= 0.6 is 0 Å². The molecule has 3 rings (SSSR count). The maximum Gasteiger partial charge on any atom is 0.426 e. The topological polar surface area (TPSA) is 18.5 Å². The van der Waals surface area contributed by atoms with Crippen molar-refractivity contribution in [1.29, 1.82) is 0 Å². The Bertz CT molecular complexity index is 828. The molecule has 2 nitrogen and oxygen atoms in total. The Labute approximate surface area is 165 Å². The highest BCUT2D eigenvalue weighted by Crippen LogP contribution is 2.38. The summed E-state index contributed by atoms with van der Waals surface area (Å²) in [6.07, 6.45) is 2.28. The van der Waals surface area contributed by atoms with Crippen LogP contribution in [0.15, 0.2) is 55.1 Å². The summed E-state index contributed by atoms with van der Waals surface area (Å²) in [7, 11) is 0. The predicted octanol–water partition coefficient (Wildman–Crippen LogP) is 7.02. The maximum absolute atomic E-state index is 14.4. The molecule has 0 amide bonds. The number of rotatable bonds is 7. The summed E-state index contributed by atoms with van der Waals surface area (Å²) >= 11 is 0. The Morgan fingerprint density at radius 2 is 1.66 bits per heavy atom. The highest BCUT2D eigenvalue weighted by Gasteiger charge is 2.35. The van der Waals surface area contributed by atoms with Crippen molar-refractivity contribution in [2.24, 2.45) is 5.92 Å². The van der Waals surface area contributed by atoms with Crippen molar-refractivity contribution in [1.82, 2.24) is 0 Å². The molecule has 0 saturated heterocycles. The van der Waals surface area contributed by atoms with Gasteiger partial charge in [-0.05, 0) is 73.4 Å². The van der Waals surface area contributed by atoms with Gasteiger partial charge >= 0.3 is 12.7 Å². The molecule has 0 aromatic heterocycles. The van der Waals surface area contributed by atoms with Crippen LogP contribution in [0.4, 0.5) is 22.0 Å². The third-order valence-electron chi connectivity index (χ3n) is 5.19. The van der Waals surface area contributed by atoms with E-state index in [-0.39, 0.29) is 5.75 Å². The lowest BCUT2D eigenvalue weighted by Gasteiger charge is -2.27. The predicted molar refractivity (Wildman–Crippen MR) is 98.9 cm³/mol. The molecule has 1 aliphatic carbocycles. The number of hydrogen-bond donors (Lipinski definition) is 0. The van der Waals surface area contributed by atoms with Crippen LogP contribution in [0.1, 0.15) is 42.7 Å². The first-order valence-corrected chi connectivity index (χ1v) is 9.32. The molecule has 0 heterocycles. The molecule has 0 unspecified atom stereocenters. The summed E-state index contributed by atoms with van der Waals surface area (Å²) in [5, 5.41) is 0. The van der Waals surface area contributed by atoms with Crippen LogP contribution < -0.4 is 9.47 Å². The van der Waals surface area contributed by atoms with Gasteiger partial charge in [0.05, 0.1) is 5.56 Å². The van der Waals surface area contributed by atoms with Gasteiger partial charge in [-0.25, -0.2) is 4.39 Å². The summed E-state index contributed by atoms with van der Waals surface area (Å²) in [6, 6.07) is 8.34. The third kappa shape index (κ3) is 5.28. The van der Waals surface area contributed by atoms with E-state index in [9.17, 15) is 22.0 Å². The van der Waals surface area contributed by atoms with Crippen molar-refractivity contribution in [3.8, 4) is 11.5 Å². The summed E-state index contributed by atoms with van der Waals surface area (Å²) in [4.78, 5) is 0. The molecule has 2 aromatic carbocycles. The van der Waals surface area contributed by atoms with E-state index in [1.807, 2.05) is 6.08 Å². The van der Waals surface area contributed by atoms with Gasteiger partial charge in [-0.3, -0.25) is 0 Å². The van der Waals surface area contributed by atoms with Gasteiger partial charge in [0.1, 0.15) is 5.75 Å². The molecule has 1 aliphatic rings. The normalized spacial score (nSPS) is 19.8. The van der Waals surface area contributed by atoms with Gasteiger partial charge in [-0.1, -0.05) is 18.2 Å². The Kier molecular flexibility index (Phi) is 6.45. The van der Waals surface area contributed by atoms with Crippen molar-refractivity contribution in [2.45, 2.75) is 44.3 Å². The largest absolute Gasteiger partial charge is 0.432 e. The van der Waals surface area contributed by atoms with Crippen LogP contribution in [-0.2, 0) is 6.11 Å². The Morgan fingerprint density at radius 1 is 1.00 bits per heavy atom. The summed E-state index contributed by atoms with van der Waals surface area (Å²) in [5.41, 5.74) is 0.256. The number of halogens is 5. The van der Waals surface area contributed by atoms with Gasteiger partial charge in [0.2, 0.25) is 0 Å². The first-order chi connectivity index (χ1) is 13.8. The first-order valence-electron chi connectivity index (χ1n) is 9.32. The van der Waals surface area contributed by atoms with Gasteiger partial charge in [0, 0.05) is 0 Å². The fourth-order valence-corrected chi connectivity index (χ4v) is 3.58. The molecule has 1 fully saturated rings. The fraction of sp³-hybridized carbons (Fsp3) is 0.364. The quantitative estimate of drug-likeness (QED) is 0.360. The summed E-state index contributed by atoms with van der Waals surface area (Å²) in [6.45, 7) is 0.572. The van der Waals surface area contributed by atoms with Crippen molar-refractivity contribution < 1.29 is 31.4 Å². The monoisotopic (exact) mass is 412 g/mol. The number of alkyl halides is 4. The van der Waals surface area contributed by atoms with E-state index in [1.54, 1.807) is 12.1 Å². The van der Waals surface area contributed by atoms with Crippen molar-refractivity contribution in [3.05, 3.63) is 72.1 Å². The molecule has 29 heavy (non-hydrogen) atoms. The minimum atomic E-state index is -3.84. The van der Waals surface area contributed by atoms with Crippen LogP contribution in [0.5, 0.6) is 11.5 Å². The number of benzene rings is 2. The molecular formula is C22H21F5O2. The molecule has 0 spiro atoms. The number of allylic oxidation sites excluding steroid dienone is 1. The maximum atomic E-state index is 14.4. The molecule has 7 heteroatoms. The van der Waals surface area contributed by atoms with Gasteiger partial charge in [-0.2, -0.15) is 17.6 Å². The number of hydrogen-bond acceptors (Lipinski definition) is 2. The van der Waals surface area contributed by atoms with Crippen LogP contribution in [0.25, 0.3) is 0 Å². The third-order valence-corrected chi connectivity index (χ3v) is 5.19. The molecule has 0 aliphatic heterocycles. The van der Waals surface area contributed by atoms with Crippen molar-refractivity contribution in [3.63, 3.8) is 0 Å². The van der Waals surface area contributed by atoms with E-state index in [0.717, 1.165) is 43.4 Å². The van der Waals surface area contributed by atoms with E-state index in [4.69, 9.17) is 4.74 Å². The lowest BCUT2D eigenvalue weighted by molar-refractivity contribution is -0.185. The molecule has 0 bridgehead atoms. The average molecular weight is 412 g/mol. The van der Waals surface area contributed by atoms with Crippen molar-refractivity contribution in [2.75, 3.05) is 0 Å². The zero-order valence-corrected chi connectivity index (χ0v) is 15.6. The zero-order chi connectivity index (χ0) is 21.0. The molecule has 0 radical (unpaired) electrons. The molecule has 1 saturated carbocycles. The van der Waals surface area contributed by atoms with E-state index in [2.05, 4.69) is 11.3 Å². The fourth-order valence-electron chi connectivity index (χ4n) is 3.58. The average Bonchev–Trinajstić information content (AvgIpc) is 2.69.